The third-order valence-electron chi connectivity index (χ3n) is 6.16. The van der Waals surface area contributed by atoms with Gasteiger partial charge in [-0.2, -0.15) is 10.2 Å². The summed E-state index contributed by atoms with van der Waals surface area (Å²) in [5, 5.41) is 17.8. The van der Waals surface area contributed by atoms with Crippen molar-refractivity contribution in [2.24, 2.45) is 0 Å². The van der Waals surface area contributed by atoms with Gasteiger partial charge in [0.15, 0.2) is 5.11 Å². The Labute approximate surface area is 221 Å². The Balaban J connectivity index is 1.49. The molecule has 0 spiro atoms. The van der Waals surface area contributed by atoms with Gasteiger partial charge in [0.05, 0.1) is 47.2 Å². The molecule has 0 amide bonds. The average molecular weight is 528 g/mol. The van der Waals surface area contributed by atoms with Crippen LogP contribution < -0.4 is 10.6 Å². The van der Waals surface area contributed by atoms with Crippen molar-refractivity contribution in [3.63, 3.8) is 0 Å². The van der Waals surface area contributed by atoms with Crippen molar-refractivity contribution in [3.05, 3.63) is 92.0 Å². The Hall–Kier alpha value is -2.87. The highest BCUT2D eigenvalue weighted by molar-refractivity contribution is 7.80. The van der Waals surface area contributed by atoms with Crippen LogP contribution in [-0.4, -0.2) is 24.7 Å². The van der Waals surface area contributed by atoms with Crippen LogP contribution in [0.1, 0.15) is 39.5 Å². The number of aryl methyl sites for hydroxylation is 3. The Bertz CT molecular complexity index is 1410. The maximum Gasteiger partial charge on any atom is 0.175 e. The van der Waals surface area contributed by atoms with Gasteiger partial charge in [0.25, 0.3) is 0 Å². The lowest BCUT2D eigenvalue weighted by Gasteiger charge is -2.12. The van der Waals surface area contributed by atoms with Crippen LogP contribution in [0.15, 0.2) is 42.5 Å². The fourth-order valence-electron chi connectivity index (χ4n) is 4.08. The third-order valence-corrected chi connectivity index (χ3v) is 6.95. The van der Waals surface area contributed by atoms with Crippen molar-refractivity contribution < 1.29 is 0 Å². The molecule has 0 saturated carbocycles. The molecule has 0 aliphatic heterocycles. The molecule has 2 aromatic heterocycles. The lowest BCUT2D eigenvalue weighted by atomic mass is 10.1. The highest BCUT2D eigenvalue weighted by Gasteiger charge is 2.17. The average Bonchev–Trinajstić information content (AvgIpc) is 3.21. The second kappa shape index (κ2) is 10.4. The van der Waals surface area contributed by atoms with Crippen LogP contribution in [0.3, 0.4) is 0 Å². The Morgan fingerprint density at radius 1 is 0.800 bits per heavy atom. The van der Waals surface area contributed by atoms with Gasteiger partial charge in [-0.25, -0.2) is 0 Å². The predicted molar refractivity (Wildman–Crippen MR) is 149 cm³/mol. The van der Waals surface area contributed by atoms with E-state index in [1.54, 1.807) is 6.07 Å². The molecule has 182 valence electrons. The van der Waals surface area contributed by atoms with Crippen molar-refractivity contribution in [2.45, 2.75) is 47.7 Å². The second-order valence-corrected chi connectivity index (χ2v) is 9.90. The number of aromatic nitrogens is 4. The highest BCUT2D eigenvalue weighted by Crippen LogP contribution is 2.26. The van der Waals surface area contributed by atoms with E-state index >= 15 is 0 Å². The minimum absolute atomic E-state index is 0.488. The largest absolute Gasteiger partial charge is 0.329 e. The minimum Gasteiger partial charge on any atom is -0.329 e. The summed E-state index contributed by atoms with van der Waals surface area (Å²) in [6, 6.07) is 13.8. The molecule has 2 N–H and O–H groups in total. The third kappa shape index (κ3) is 5.53. The standard InChI is InChI=1S/C26H28Cl2N6S/c1-15-8-6-7-9-20(15)13-33-18(4)24(16(2)31-33)29-26(35)30-25-17(3)32-34(19(25)5)14-21-10-11-22(27)12-23(21)28/h6-12H,13-14H2,1-5H3,(H2,29,30,35). The number of thiocarbonyl (C=S) groups is 1. The van der Waals surface area contributed by atoms with Crippen molar-refractivity contribution in [1.82, 2.24) is 19.6 Å². The summed E-state index contributed by atoms with van der Waals surface area (Å²) in [5.41, 5.74) is 8.93. The Kier molecular flexibility index (Phi) is 7.50. The van der Waals surface area contributed by atoms with E-state index in [0.29, 0.717) is 28.2 Å². The van der Waals surface area contributed by atoms with E-state index in [9.17, 15) is 0 Å². The number of benzene rings is 2. The van der Waals surface area contributed by atoms with Crippen molar-refractivity contribution in [2.75, 3.05) is 10.6 Å². The summed E-state index contributed by atoms with van der Waals surface area (Å²) in [4.78, 5) is 0. The molecular formula is C26H28Cl2N6S. The van der Waals surface area contributed by atoms with Crippen molar-refractivity contribution in [1.29, 1.82) is 0 Å². The van der Waals surface area contributed by atoms with Crippen LogP contribution in [0.25, 0.3) is 0 Å². The topological polar surface area (TPSA) is 59.7 Å². The van der Waals surface area contributed by atoms with Gasteiger partial charge in [0.2, 0.25) is 0 Å². The first kappa shape index (κ1) is 25.2. The quantitative estimate of drug-likeness (QED) is 0.269. The van der Waals surface area contributed by atoms with E-state index in [1.807, 2.05) is 55.3 Å². The molecule has 9 heteroatoms. The molecule has 4 aromatic rings. The van der Waals surface area contributed by atoms with Crippen LogP contribution in [-0.2, 0) is 13.1 Å². The second-order valence-electron chi connectivity index (χ2n) is 8.65. The molecule has 0 atom stereocenters. The molecular weight excluding hydrogens is 499 g/mol. The van der Waals surface area contributed by atoms with Crippen molar-refractivity contribution >= 4 is 51.9 Å². The summed E-state index contributed by atoms with van der Waals surface area (Å²) >= 11 is 18.1. The molecule has 6 nitrogen and oxygen atoms in total. The number of anilines is 2. The summed E-state index contributed by atoms with van der Waals surface area (Å²) in [6.07, 6.45) is 0. The fourth-order valence-corrected chi connectivity index (χ4v) is 4.75. The summed E-state index contributed by atoms with van der Waals surface area (Å²) in [6.45, 7) is 11.4. The molecule has 2 aromatic carbocycles. The molecule has 0 saturated heterocycles. The van der Waals surface area contributed by atoms with Crippen LogP contribution >= 0.6 is 35.4 Å². The summed E-state index contributed by atoms with van der Waals surface area (Å²) in [7, 11) is 0. The van der Waals surface area contributed by atoms with Gasteiger partial charge in [0.1, 0.15) is 0 Å². The first-order chi connectivity index (χ1) is 16.6. The SMILES string of the molecule is Cc1ccccc1Cn1nc(C)c(NC(=S)Nc2c(C)nn(Cc3ccc(Cl)cc3Cl)c2C)c1C. The number of hydrogen-bond donors (Lipinski definition) is 2. The monoisotopic (exact) mass is 526 g/mol. The number of nitrogens with zero attached hydrogens (tertiary/aromatic N) is 4. The number of hydrogen-bond acceptors (Lipinski definition) is 3. The van der Waals surface area contributed by atoms with Crippen LogP contribution in [0, 0.1) is 34.6 Å². The molecule has 0 aliphatic rings. The van der Waals surface area contributed by atoms with Crippen LogP contribution in [0.2, 0.25) is 10.0 Å². The maximum atomic E-state index is 6.36. The zero-order valence-electron chi connectivity index (χ0n) is 20.4. The van der Waals surface area contributed by atoms with Gasteiger partial charge in [-0.05, 0) is 75.7 Å². The highest BCUT2D eigenvalue weighted by atomic mass is 35.5. The molecule has 0 bridgehead atoms. The Morgan fingerprint density at radius 3 is 1.89 bits per heavy atom. The van der Waals surface area contributed by atoms with E-state index in [0.717, 1.165) is 39.7 Å². The first-order valence-electron chi connectivity index (χ1n) is 11.3. The Morgan fingerprint density at radius 2 is 1.34 bits per heavy atom. The molecule has 0 fully saturated rings. The molecule has 0 radical (unpaired) electrons. The van der Waals surface area contributed by atoms with Gasteiger partial charge < -0.3 is 10.6 Å². The van der Waals surface area contributed by atoms with Gasteiger partial charge >= 0.3 is 0 Å². The van der Waals surface area contributed by atoms with Crippen LogP contribution in [0.5, 0.6) is 0 Å². The molecule has 0 aliphatic carbocycles. The summed E-state index contributed by atoms with van der Waals surface area (Å²) < 4.78 is 3.92. The van der Waals surface area contributed by atoms with Gasteiger partial charge in [-0.15, -0.1) is 0 Å². The minimum atomic E-state index is 0.488. The van der Waals surface area contributed by atoms with E-state index in [2.05, 4.69) is 40.9 Å². The molecule has 35 heavy (non-hydrogen) atoms. The van der Waals surface area contributed by atoms with Crippen molar-refractivity contribution in [3.8, 4) is 0 Å². The van der Waals surface area contributed by atoms with Gasteiger partial charge in [0, 0.05) is 10.0 Å². The van der Waals surface area contributed by atoms with Gasteiger partial charge in [-0.3, -0.25) is 9.36 Å². The van der Waals surface area contributed by atoms with Crippen LogP contribution in [0.4, 0.5) is 11.4 Å². The zero-order valence-corrected chi connectivity index (χ0v) is 22.7. The number of rotatable bonds is 6. The maximum absolute atomic E-state index is 6.36. The van der Waals surface area contributed by atoms with E-state index in [4.69, 9.17) is 40.5 Å². The number of nitrogens with one attached hydrogen (secondary N) is 2. The number of halogens is 2. The molecule has 2 heterocycles. The lowest BCUT2D eigenvalue weighted by molar-refractivity contribution is 0.657. The summed E-state index contributed by atoms with van der Waals surface area (Å²) in [5.74, 6) is 0. The first-order valence-corrected chi connectivity index (χ1v) is 12.4. The molecule has 0 unspecified atom stereocenters. The predicted octanol–water partition coefficient (Wildman–Crippen LogP) is 6.83. The molecule has 4 rings (SSSR count). The fraction of sp³-hybridized carbons (Fsp3) is 0.269. The van der Waals surface area contributed by atoms with E-state index < -0.39 is 0 Å². The normalized spacial score (nSPS) is 11.1. The smallest absolute Gasteiger partial charge is 0.175 e. The van der Waals surface area contributed by atoms with E-state index in [-0.39, 0.29) is 0 Å². The lowest BCUT2D eigenvalue weighted by Crippen LogP contribution is -2.21. The zero-order chi connectivity index (χ0) is 25.3. The van der Waals surface area contributed by atoms with Gasteiger partial charge in [-0.1, -0.05) is 53.5 Å². The van der Waals surface area contributed by atoms with E-state index in [1.165, 1.54) is 11.1 Å².